The number of hydrogen-bond acceptors (Lipinski definition) is 2. The topological polar surface area (TPSA) is 79.1 Å². The van der Waals surface area contributed by atoms with Crippen LogP contribution in [0.4, 0.5) is 0 Å². The van der Waals surface area contributed by atoms with Gasteiger partial charge in [-0.05, 0) is 65.8 Å². The van der Waals surface area contributed by atoms with Gasteiger partial charge in [-0.3, -0.25) is 4.79 Å². The summed E-state index contributed by atoms with van der Waals surface area (Å²) in [6.45, 7) is 0.674. The molecule has 0 spiro atoms. The van der Waals surface area contributed by atoms with Crippen molar-refractivity contribution in [2.45, 2.75) is 25.7 Å². The van der Waals surface area contributed by atoms with Crippen LogP contribution in [0, 0.1) is 0 Å². The normalized spacial score (nSPS) is 11.1. The van der Waals surface area contributed by atoms with Crippen LogP contribution in [0.25, 0.3) is 33.3 Å². The number of hydrogen-bond donors (Lipinski definition) is 3. The van der Waals surface area contributed by atoms with Crippen molar-refractivity contribution < 1.29 is 9.90 Å². The van der Waals surface area contributed by atoms with Gasteiger partial charge >= 0.3 is 5.97 Å². The first-order chi connectivity index (χ1) is 14.7. The molecule has 1 aromatic heterocycles. The number of benzene rings is 3. The third-order valence-corrected chi connectivity index (χ3v) is 5.49. The highest BCUT2D eigenvalue weighted by molar-refractivity contribution is 5.92. The van der Waals surface area contributed by atoms with Crippen molar-refractivity contribution in [3.8, 4) is 22.4 Å². The summed E-state index contributed by atoms with van der Waals surface area (Å²) in [6, 6.07) is 24.8. The van der Waals surface area contributed by atoms with Crippen LogP contribution in [-0.2, 0) is 17.6 Å². The van der Waals surface area contributed by atoms with Crippen LogP contribution >= 0.6 is 0 Å². The predicted octanol–water partition coefficient (Wildman–Crippen LogP) is 5.41. The Bertz CT molecular complexity index is 1150. The molecule has 0 saturated carbocycles. The molecule has 0 bridgehead atoms. The van der Waals surface area contributed by atoms with E-state index in [4.69, 9.17) is 10.8 Å². The summed E-state index contributed by atoms with van der Waals surface area (Å²) in [5.74, 6) is -0.814. The summed E-state index contributed by atoms with van der Waals surface area (Å²) in [5.41, 5.74) is 13.4. The van der Waals surface area contributed by atoms with E-state index in [0.717, 1.165) is 47.0 Å². The number of fused-ring (bicyclic) bond motifs is 1. The van der Waals surface area contributed by atoms with Gasteiger partial charge < -0.3 is 15.8 Å². The molecule has 0 fully saturated rings. The number of carboxylic acids is 1. The maximum absolute atomic E-state index is 11.2. The van der Waals surface area contributed by atoms with Gasteiger partial charge in [-0.2, -0.15) is 0 Å². The second kappa shape index (κ2) is 8.97. The molecule has 1 heterocycles. The molecule has 152 valence electrons. The fourth-order valence-corrected chi connectivity index (χ4v) is 3.99. The maximum atomic E-state index is 11.2. The minimum absolute atomic E-state index is 0.0322. The summed E-state index contributed by atoms with van der Waals surface area (Å²) in [4.78, 5) is 14.7. The largest absolute Gasteiger partial charge is 0.481 e. The Kier molecular flexibility index (Phi) is 5.96. The number of nitrogens with two attached hydrogens (primary N) is 1. The lowest BCUT2D eigenvalue weighted by molar-refractivity contribution is -0.136. The summed E-state index contributed by atoms with van der Waals surface area (Å²) in [6.07, 6.45) is 2.91. The van der Waals surface area contributed by atoms with Gasteiger partial charge in [-0.25, -0.2) is 0 Å². The van der Waals surface area contributed by atoms with Gasteiger partial charge in [-0.15, -0.1) is 0 Å². The number of aliphatic carboxylic acids is 1. The average molecular weight is 399 g/mol. The maximum Gasteiger partial charge on any atom is 0.307 e. The Morgan fingerprint density at radius 3 is 2.27 bits per heavy atom. The minimum atomic E-state index is -0.814. The zero-order chi connectivity index (χ0) is 20.9. The third-order valence-electron chi connectivity index (χ3n) is 5.49. The first kappa shape index (κ1) is 19.9. The fraction of sp³-hybridized carbons (Fsp3) is 0.192. The van der Waals surface area contributed by atoms with Crippen molar-refractivity contribution in [2.24, 2.45) is 5.73 Å². The van der Waals surface area contributed by atoms with Gasteiger partial charge in [0.1, 0.15) is 0 Å². The Labute approximate surface area is 176 Å². The van der Waals surface area contributed by atoms with Crippen molar-refractivity contribution in [2.75, 3.05) is 6.54 Å². The molecule has 3 aromatic carbocycles. The van der Waals surface area contributed by atoms with Gasteiger partial charge in [0.2, 0.25) is 0 Å². The minimum Gasteiger partial charge on any atom is -0.481 e. The van der Waals surface area contributed by atoms with Crippen LogP contribution in [0.3, 0.4) is 0 Å². The quantitative estimate of drug-likeness (QED) is 0.347. The van der Waals surface area contributed by atoms with E-state index in [1.54, 1.807) is 0 Å². The van der Waals surface area contributed by atoms with E-state index >= 15 is 0 Å². The molecule has 0 saturated heterocycles. The van der Waals surface area contributed by atoms with Crippen molar-refractivity contribution in [3.05, 3.63) is 83.9 Å². The lowest BCUT2D eigenvalue weighted by Crippen LogP contribution is -2.00. The molecular weight excluding hydrogens is 372 g/mol. The van der Waals surface area contributed by atoms with E-state index in [2.05, 4.69) is 41.4 Å². The average Bonchev–Trinajstić information content (AvgIpc) is 3.12. The molecule has 30 heavy (non-hydrogen) atoms. The molecule has 0 aliphatic carbocycles. The standard InChI is InChI=1S/C26H26N2O2/c27-15-5-4-8-22-23-16-18(17-25(29)30)9-14-24(23)28-26(22)21-12-10-20(11-13-21)19-6-2-1-3-7-19/h1-3,6-7,9-14,16,28H,4-5,8,15,17,27H2,(H,29,30). The lowest BCUT2D eigenvalue weighted by atomic mass is 9.97. The molecular formula is C26H26N2O2. The van der Waals surface area contributed by atoms with Crippen molar-refractivity contribution in [3.63, 3.8) is 0 Å². The molecule has 0 radical (unpaired) electrons. The molecule has 0 aliphatic heterocycles. The first-order valence-electron chi connectivity index (χ1n) is 10.4. The number of nitrogens with one attached hydrogen (secondary N) is 1. The van der Waals surface area contributed by atoms with Gasteiger partial charge in [0.15, 0.2) is 0 Å². The molecule has 4 N–H and O–H groups in total. The molecule has 4 rings (SSSR count). The predicted molar refractivity (Wildman–Crippen MR) is 123 cm³/mol. The van der Waals surface area contributed by atoms with Gasteiger partial charge in [0, 0.05) is 16.6 Å². The second-order valence-corrected chi connectivity index (χ2v) is 7.62. The van der Waals surface area contributed by atoms with Crippen LogP contribution < -0.4 is 5.73 Å². The zero-order valence-corrected chi connectivity index (χ0v) is 16.9. The molecule has 0 amide bonds. The fourth-order valence-electron chi connectivity index (χ4n) is 3.99. The molecule has 0 atom stereocenters. The Morgan fingerprint density at radius 2 is 1.57 bits per heavy atom. The van der Waals surface area contributed by atoms with E-state index < -0.39 is 5.97 Å². The Morgan fingerprint density at radius 1 is 0.867 bits per heavy atom. The van der Waals surface area contributed by atoms with E-state index in [0.29, 0.717) is 6.54 Å². The van der Waals surface area contributed by atoms with Gasteiger partial charge in [-0.1, -0.05) is 60.7 Å². The molecule has 4 aromatic rings. The lowest BCUT2D eigenvalue weighted by Gasteiger charge is -2.07. The SMILES string of the molecule is NCCCCc1c(-c2ccc(-c3ccccc3)cc2)[nH]c2ccc(CC(=O)O)cc12. The first-order valence-corrected chi connectivity index (χ1v) is 10.4. The smallest absolute Gasteiger partial charge is 0.307 e. The van der Waals surface area contributed by atoms with Crippen LogP contribution in [0.5, 0.6) is 0 Å². The highest BCUT2D eigenvalue weighted by Crippen LogP contribution is 2.33. The number of rotatable bonds is 8. The molecule has 0 unspecified atom stereocenters. The van der Waals surface area contributed by atoms with Crippen LogP contribution in [0.1, 0.15) is 24.0 Å². The van der Waals surface area contributed by atoms with E-state index in [9.17, 15) is 4.79 Å². The molecule has 0 aliphatic rings. The van der Waals surface area contributed by atoms with Crippen molar-refractivity contribution in [1.82, 2.24) is 4.98 Å². The molecule has 4 nitrogen and oxygen atoms in total. The number of aromatic nitrogens is 1. The Balaban J connectivity index is 1.74. The second-order valence-electron chi connectivity index (χ2n) is 7.62. The number of aryl methyl sites for hydroxylation is 1. The van der Waals surface area contributed by atoms with Crippen LogP contribution in [-0.4, -0.2) is 22.6 Å². The summed E-state index contributed by atoms with van der Waals surface area (Å²) >= 11 is 0. The summed E-state index contributed by atoms with van der Waals surface area (Å²) in [7, 11) is 0. The number of carbonyl (C=O) groups is 1. The van der Waals surface area contributed by atoms with E-state index in [1.807, 2.05) is 36.4 Å². The zero-order valence-electron chi connectivity index (χ0n) is 16.9. The van der Waals surface area contributed by atoms with E-state index in [1.165, 1.54) is 16.7 Å². The highest BCUT2D eigenvalue weighted by Gasteiger charge is 2.14. The Hall–Kier alpha value is -3.37. The van der Waals surface area contributed by atoms with Crippen LogP contribution in [0.15, 0.2) is 72.8 Å². The molecule has 4 heteroatoms. The van der Waals surface area contributed by atoms with Crippen LogP contribution in [0.2, 0.25) is 0 Å². The number of H-pyrrole nitrogens is 1. The monoisotopic (exact) mass is 398 g/mol. The van der Waals surface area contributed by atoms with Gasteiger partial charge in [0.25, 0.3) is 0 Å². The number of aromatic amines is 1. The van der Waals surface area contributed by atoms with Crippen molar-refractivity contribution >= 4 is 16.9 Å². The summed E-state index contributed by atoms with van der Waals surface area (Å²) in [5, 5.41) is 10.3. The third kappa shape index (κ3) is 4.29. The van der Waals surface area contributed by atoms with Gasteiger partial charge in [0.05, 0.1) is 6.42 Å². The highest BCUT2D eigenvalue weighted by atomic mass is 16.4. The van der Waals surface area contributed by atoms with E-state index in [-0.39, 0.29) is 6.42 Å². The number of carboxylic acid groups (broad SMARTS) is 1. The summed E-state index contributed by atoms with van der Waals surface area (Å²) < 4.78 is 0. The number of unbranched alkanes of at least 4 members (excludes halogenated alkanes) is 1. The van der Waals surface area contributed by atoms with Crippen molar-refractivity contribution in [1.29, 1.82) is 0 Å².